The van der Waals surface area contributed by atoms with Crippen LogP contribution in [0, 0.1) is 13.8 Å². The fourth-order valence-electron chi connectivity index (χ4n) is 1.67. The average molecular weight is 424 g/mol. The van der Waals surface area contributed by atoms with Gasteiger partial charge in [0.15, 0.2) is 5.96 Å². The first kappa shape index (κ1) is 20.7. The number of nitrogens with one attached hydrogen (secondary N) is 2. The van der Waals surface area contributed by atoms with E-state index >= 15 is 0 Å². The van der Waals surface area contributed by atoms with Crippen molar-refractivity contribution in [3.8, 4) is 0 Å². The first-order valence-corrected chi connectivity index (χ1v) is 7.09. The number of guanidine groups is 1. The number of ether oxygens (including phenoxy) is 1. The molecule has 2 N–H and O–H groups in total. The van der Waals surface area contributed by atoms with Crippen LogP contribution in [0.1, 0.15) is 37.1 Å². The zero-order chi connectivity index (χ0) is 15.7. The minimum atomic E-state index is -0.173. The molecule has 0 fully saturated rings. The Balaban J connectivity index is 0.00000441. The highest BCUT2D eigenvalue weighted by molar-refractivity contribution is 14.0. The SMILES string of the molecule is CCOC(=O)CCCNC(=NC)NCc1nc(C)c(C)o1.I. The largest absolute Gasteiger partial charge is 0.466 e. The second kappa shape index (κ2) is 11.3. The fourth-order valence-corrected chi connectivity index (χ4v) is 1.67. The van der Waals surface area contributed by atoms with Crippen molar-refractivity contribution in [2.75, 3.05) is 20.2 Å². The van der Waals surface area contributed by atoms with Gasteiger partial charge in [-0.2, -0.15) is 0 Å². The maximum Gasteiger partial charge on any atom is 0.305 e. The molecule has 7 nitrogen and oxygen atoms in total. The lowest BCUT2D eigenvalue weighted by Gasteiger charge is -2.10. The van der Waals surface area contributed by atoms with Gasteiger partial charge in [-0.25, -0.2) is 4.98 Å². The number of aromatic nitrogens is 1. The molecule has 8 heteroatoms. The second-order valence-corrected chi connectivity index (χ2v) is 4.51. The third kappa shape index (κ3) is 7.62. The molecular formula is C14H25IN4O3. The summed E-state index contributed by atoms with van der Waals surface area (Å²) >= 11 is 0. The van der Waals surface area contributed by atoms with Crippen molar-refractivity contribution in [1.29, 1.82) is 0 Å². The smallest absolute Gasteiger partial charge is 0.305 e. The van der Waals surface area contributed by atoms with E-state index in [1.54, 1.807) is 14.0 Å². The Bertz CT molecular complexity index is 469. The summed E-state index contributed by atoms with van der Waals surface area (Å²) in [5.41, 5.74) is 0.893. The van der Waals surface area contributed by atoms with E-state index in [9.17, 15) is 4.79 Å². The third-order valence-corrected chi connectivity index (χ3v) is 2.86. The van der Waals surface area contributed by atoms with Gasteiger partial charge in [0.2, 0.25) is 5.89 Å². The molecule has 0 amide bonds. The van der Waals surface area contributed by atoms with Crippen molar-refractivity contribution in [3.63, 3.8) is 0 Å². The van der Waals surface area contributed by atoms with E-state index in [0.29, 0.717) is 44.4 Å². The van der Waals surface area contributed by atoms with Gasteiger partial charge < -0.3 is 19.8 Å². The van der Waals surface area contributed by atoms with Gasteiger partial charge in [-0.05, 0) is 27.2 Å². The van der Waals surface area contributed by atoms with E-state index in [4.69, 9.17) is 9.15 Å². The maximum absolute atomic E-state index is 11.2. The highest BCUT2D eigenvalue weighted by Gasteiger charge is 2.06. The number of oxazole rings is 1. The van der Waals surface area contributed by atoms with Gasteiger partial charge in [-0.3, -0.25) is 9.79 Å². The minimum Gasteiger partial charge on any atom is -0.466 e. The highest BCUT2D eigenvalue weighted by atomic mass is 127. The van der Waals surface area contributed by atoms with E-state index in [-0.39, 0.29) is 29.9 Å². The number of aryl methyl sites for hydroxylation is 2. The van der Waals surface area contributed by atoms with E-state index in [2.05, 4.69) is 20.6 Å². The Kier molecular flexibility index (Phi) is 10.6. The predicted octanol–water partition coefficient (Wildman–Crippen LogP) is 1.92. The molecule has 0 saturated heterocycles. The van der Waals surface area contributed by atoms with E-state index in [1.165, 1.54) is 0 Å². The Hall–Kier alpha value is -1.32. The summed E-state index contributed by atoms with van der Waals surface area (Å²) in [4.78, 5) is 19.6. The van der Waals surface area contributed by atoms with Crippen molar-refractivity contribution < 1.29 is 13.9 Å². The van der Waals surface area contributed by atoms with Crippen LogP contribution in [-0.4, -0.2) is 37.1 Å². The lowest BCUT2D eigenvalue weighted by atomic mass is 10.3. The van der Waals surface area contributed by atoms with Crippen LogP contribution in [0.25, 0.3) is 0 Å². The predicted molar refractivity (Wildman–Crippen MR) is 95.5 cm³/mol. The molecule has 1 heterocycles. The molecule has 0 aliphatic heterocycles. The molecule has 1 aromatic heterocycles. The molecule has 0 aliphatic carbocycles. The molecule has 0 radical (unpaired) electrons. The van der Waals surface area contributed by atoms with Crippen molar-refractivity contribution in [2.45, 2.75) is 40.2 Å². The summed E-state index contributed by atoms with van der Waals surface area (Å²) in [7, 11) is 1.69. The van der Waals surface area contributed by atoms with Gasteiger partial charge in [0.1, 0.15) is 5.76 Å². The summed E-state index contributed by atoms with van der Waals surface area (Å²) < 4.78 is 10.3. The summed E-state index contributed by atoms with van der Waals surface area (Å²) in [6, 6.07) is 0. The number of aliphatic imine (C=N–C) groups is 1. The molecule has 0 saturated carbocycles. The minimum absolute atomic E-state index is 0. The van der Waals surface area contributed by atoms with Crippen LogP contribution in [0.2, 0.25) is 0 Å². The normalized spacial score (nSPS) is 10.8. The van der Waals surface area contributed by atoms with Crippen molar-refractivity contribution in [3.05, 3.63) is 17.3 Å². The second-order valence-electron chi connectivity index (χ2n) is 4.51. The van der Waals surface area contributed by atoms with Gasteiger partial charge >= 0.3 is 5.97 Å². The van der Waals surface area contributed by atoms with E-state index in [0.717, 1.165) is 11.5 Å². The fraction of sp³-hybridized carbons (Fsp3) is 0.643. The van der Waals surface area contributed by atoms with Crippen LogP contribution in [0.3, 0.4) is 0 Å². The van der Waals surface area contributed by atoms with Gasteiger partial charge in [0, 0.05) is 20.0 Å². The highest BCUT2D eigenvalue weighted by Crippen LogP contribution is 2.07. The Morgan fingerprint density at radius 2 is 2.09 bits per heavy atom. The number of carbonyl (C=O) groups excluding carboxylic acids is 1. The summed E-state index contributed by atoms with van der Waals surface area (Å²) in [6.45, 7) is 7.12. The molecule has 126 valence electrons. The number of hydrogen-bond donors (Lipinski definition) is 2. The summed E-state index contributed by atoms with van der Waals surface area (Å²) in [5, 5.41) is 6.23. The number of carbonyl (C=O) groups is 1. The number of nitrogens with zero attached hydrogens (tertiary/aromatic N) is 2. The topological polar surface area (TPSA) is 88.8 Å². The molecule has 0 atom stereocenters. The van der Waals surface area contributed by atoms with Crippen molar-refractivity contribution >= 4 is 35.9 Å². The van der Waals surface area contributed by atoms with Crippen molar-refractivity contribution in [2.24, 2.45) is 4.99 Å². The maximum atomic E-state index is 11.2. The summed E-state index contributed by atoms with van der Waals surface area (Å²) in [5.74, 6) is 1.92. The Morgan fingerprint density at radius 3 is 2.64 bits per heavy atom. The molecule has 0 bridgehead atoms. The van der Waals surface area contributed by atoms with Gasteiger partial charge in [-0.15, -0.1) is 24.0 Å². The zero-order valence-electron chi connectivity index (χ0n) is 13.6. The Morgan fingerprint density at radius 1 is 1.36 bits per heavy atom. The van der Waals surface area contributed by atoms with Gasteiger partial charge in [0.05, 0.1) is 18.8 Å². The molecule has 0 unspecified atom stereocenters. The molecular weight excluding hydrogens is 399 g/mol. The van der Waals surface area contributed by atoms with Gasteiger partial charge in [-0.1, -0.05) is 0 Å². The van der Waals surface area contributed by atoms with Crippen LogP contribution >= 0.6 is 24.0 Å². The number of halogens is 1. The lowest BCUT2D eigenvalue weighted by molar-refractivity contribution is -0.143. The molecule has 22 heavy (non-hydrogen) atoms. The number of esters is 1. The molecule has 1 rings (SSSR count). The zero-order valence-corrected chi connectivity index (χ0v) is 15.9. The number of hydrogen-bond acceptors (Lipinski definition) is 5. The molecule has 0 aromatic carbocycles. The molecule has 0 spiro atoms. The average Bonchev–Trinajstić information content (AvgIpc) is 2.77. The van der Waals surface area contributed by atoms with Crippen LogP contribution in [-0.2, 0) is 16.1 Å². The lowest BCUT2D eigenvalue weighted by Crippen LogP contribution is -2.37. The van der Waals surface area contributed by atoms with Crippen LogP contribution in [0.4, 0.5) is 0 Å². The third-order valence-electron chi connectivity index (χ3n) is 2.86. The first-order valence-electron chi connectivity index (χ1n) is 7.09. The molecule has 0 aliphatic rings. The van der Waals surface area contributed by atoms with Crippen LogP contribution < -0.4 is 10.6 Å². The summed E-state index contributed by atoms with van der Waals surface area (Å²) in [6.07, 6.45) is 1.09. The quantitative estimate of drug-likeness (QED) is 0.229. The van der Waals surface area contributed by atoms with E-state index in [1.807, 2.05) is 13.8 Å². The van der Waals surface area contributed by atoms with E-state index < -0.39 is 0 Å². The van der Waals surface area contributed by atoms with Crippen LogP contribution in [0.15, 0.2) is 9.41 Å². The first-order chi connectivity index (χ1) is 10.1. The van der Waals surface area contributed by atoms with Crippen molar-refractivity contribution in [1.82, 2.24) is 15.6 Å². The van der Waals surface area contributed by atoms with Crippen LogP contribution in [0.5, 0.6) is 0 Å². The molecule has 1 aromatic rings. The standard InChI is InChI=1S/C14H24N4O3.HI/c1-5-20-13(19)7-6-8-16-14(15-4)17-9-12-18-10(2)11(3)21-12;/h5-9H2,1-4H3,(H2,15,16,17);1H. The Labute approximate surface area is 148 Å². The van der Waals surface area contributed by atoms with Gasteiger partial charge in [0.25, 0.3) is 0 Å². The monoisotopic (exact) mass is 424 g/mol. The number of rotatable bonds is 7.